The first-order valence-electron chi connectivity index (χ1n) is 5.55. The van der Waals surface area contributed by atoms with E-state index in [4.69, 9.17) is 10.5 Å². The predicted molar refractivity (Wildman–Crippen MR) is 76.9 cm³/mol. The molecule has 0 saturated heterocycles. The Kier molecular flexibility index (Phi) is 4.90. The molecule has 0 aliphatic carbocycles. The van der Waals surface area contributed by atoms with E-state index in [9.17, 15) is 4.79 Å². The van der Waals surface area contributed by atoms with Crippen LogP contribution in [-0.2, 0) is 9.53 Å². The average molecular weight is 313 g/mol. The standard InChI is InChI=1S/C13H17BrN2O2/c1-13(2,3)18-12(17)8-16-7-9-10(14)5-4-6-11(9)15/h4-7H,8,15H2,1-3H3. The van der Waals surface area contributed by atoms with Crippen molar-refractivity contribution in [1.82, 2.24) is 0 Å². The van der Waals surface area contributed by atoms with Crippen LogP contribution in [-0.4, -0.2) is 24.3 Å². The summed E-state index contributed by atoms with van der Waals surface area (Å²) in [5, 5.41) is 0. The first kappa shape index (κ1) is 14.7. The summed E-state index contributed by atoms with van der Waals surface area (Å²) in [6, 6.07) is 5.48. The number of halogens is 1. The van der Waals surface area contributed by atoms with Crippen LogP contribution in [0.15, 0.2) is 27.7 Å². The molecule has 5 heteroatoms. The highest BCUT2D eigenvalue weighted by Gasteiger charge is 2.15. The van der Waals surface area contributed by atoms with Crippen molar-refractivity contribution in [3.63, 3.8) is 0 Å². The molecule has 0 spiro atoms. The maximum Gasteiger partial charge on any atom is 0.328 e. The predicted octanol–water partition coefficient (Wildman–Crippen LogP) is 2.79. The van der Waals surface area contributed by atoms with Gasteiger partial charge in [-0.15, -0.1) is 0 Å². The van der Waals surface area contributed by atoms with Crippen LogP contribution in [0.2, 0.25) is 0 Å². The van der Waals surface area contributed by atoms with E-state index < -0.39 is 5.60 Å². The van der Waals surface area contributed by atoms with Crippen LogP contribution < -0.4 is 5.73 Å². The molecule has 2 N–H and O–H groups in total. The molecular weight excluding hydrogens is 296 g/mol. The molecule has 0 amide bonds. The zero-order valence-corrected chi connectivity index (χ0v) is 12.3. The number of nitrogen functional groups attached to an aromatic ring is 1. The highest BCUT2D eigenvalue weighted by molar-refractivity contribution is 9.10. The zero-order valence-electron chi connectivity index (χ0n) is 10.7. The van der Waals surface area contributed by atoms with Gasteiger partial charge < -0.3 is 10.5 Å². The Morgan fingerprint density at radius 2 is 2.17 bits per heavy atom. The molecule has 0 aromatic heterocycles. The fraction of sp³-hybridized carbons (Fsp3) is 0.385. The van der Waals surface area contributed by atoms with Crippen LogP contribution in [0.5, 0.6) is 0 Å². The Morgan fingerprint density at radius 1 is 1.50 bits per heavy atom. The molecule has 0 bridgehead atoms. The second-order valence-electron chi connectivity index (χ2n) is 4.80. The van der Waals surface area contributed by atoms with Crippen molar-refractivity contribution in [2.45, 2.75) is 26.4 Å². The molecule has 0 fully saturated rings. The number of rotatable bonds is 3. The van der Waals surface area contributed by atoms with E-state index in [1.165, 1.54) is 0 Å². The third-order valence-corrected chi connectivity index (χ3v) is 2.64. The molecule has 0 aliphatic heterocycles. The summed E-state index contributed by atoms with van der Waals surface area (Å²) in [5.41, 5.74) is 6.69. The number of nitrogens with zero attached hydrogens (tertiary/aromatic N) is 1. The minimum atomic E-state index is -0.487. The number of carbonyl (C=O) groups is 1. The summed E-state index contributed by atoms with van der Waals surface area (Å²) in [7, 11) is 0. The number of benzene rings is 1. The fourth-order valence-corrected chi connectivity index (χ4v) is 1.76. The lowest BCUT2D eigenvalue weighted by Crippen LogP contribution is -2.25. The van der Waals surface area contributed by atoms with E-state index >= 15 is 0 Å². The first-order valence-corrected chi connectivity index (χ1v) is 6.34. The number of carbonyl (C=O) groups excluding carboxylic acids is 1. The van der Waals surface area contributed by atoms with Gasteiger partial charge in [-0.25, -0.2) is 0 Å². The van der Waals surface area contributed by atoms with Gasteiger partial charge in [0.25, 0.3) is 0 Å². The summed E-state index contributed by atoms with van der Waals surface area (Å²) in [4.78, 5) is 15.5. The van der Waals surface area contributed by atoms with Crippen LogP contribution in [0, 0.1) is 0 Å². The van der Waals surface area contributed by atoms with E-state index in [2.05, 4.69) is 20.9 Å². The van der Waals surface area contributed by atoms with Crippen molar-refractivity contribution in [2.24, 2.45) is 4.99 Å². The number of hydrogen-bond acceptors (Lipinski definition) is 4. The molecule has 0 saturated carbocycles. The third kappa shape index (κ3) is 4.87. The molecule has 18 heavy (non-hydrogen) atoms. The monoisotopic (exact) mass is 312 g/mol. The van der Waals surface area contributed by atoms with E-state index in [0.29, 0.717) is 5.69 Å². The van der Waals surface area contributed by atoms with Gasteiger partial charge in [-0.1, -0.05) is 22.0 Å². The van der Waals surface area contributed by atoms with Crippen molar-refractivity contribution in [2.75, 3.05) is 12.3 Å². The first-order chi connectivity index (χ1) is 8.29. The molecule has 1 aromatic rings. The van der Waals surface area contributed by atoms with Crippen LogP contribution >= 0.6 is 15.9 Å². The molecule has 0 radical (unpaired) electrons. The Bertz CT molecular complexity index is 444. The highest BCUT2D eigenvalue weighted by atomic mass is 79.9. The summed E-state index contributed by atoms with van der Waals surface area (Å²) < 4.78 is 5.98. The number of aliphatic imine (C=N–C) groups is 1. The Labute approximate surface area is 115 Å². The lowest BCUT2D eigenvalue weighted by atomic mass is 10.2. The number of ether oxygens (including phenoxy) is 1. The molecule has 1 aromatic carbocycles. The number of anilines is 1. The summed E-state index contributed by atoms with van der Waals surface area (Å²) >= 11 is 3.38. The molecule has 0 atom stereocenters. The minimum Gasteiger partial charge on any atom is -0.459 e. The van der Waals surface area contributed by atoms with Gasteiger partial charge in [0.05, 0.1) is 0 Å². The van der Waals surface area contributed by atoms with Gasteiger partial charge in [-0.3, -0.25) is 9.79 Å². The van der Waals surface area contributed by atoms with Gasteiger partial charge in [0.2, 0.25) is 0 Å². The van der Waals surface area contributed by atoms with Crippen molar-refractivity contribution in [1.29, 1.82) is 0 Å². The number of nitrogens with two attached hydrogens (primary N) is 1. The van der Waals surface area contributed by atoms with Crippen LogP contribution in [0.1, 0.15) is 26.3 Å². The number of hydrogen-bond donors (Lipinski definition) is 1. The van der Waals surface area contributed by atoms with Gasteiger partial charge in [-0.2, -0.15) is 0 Å². The zero-order chi connectivity index (χ0) is 13.8. The van der Waals surface area contributed by atoms with Crippen molar-refractivity contribution < 1.29 is 9.53 Å². The van der Waals surface area contributed by atoms with Gasteiger partial charge >= 0.3 is 5.97 Å². The SMILES string of the molecule is CC(C)(C)OC(=O)CN=Cc1c(N)cccc1Br. The van der Waals surface area contributed by atoms with E-state index in [1.54, 1.807) is 12.3 Å². The van der Waals surface area contributed by atoms with Gasteiger partial charge in [0.15, 0.2) is 0 Å². The largest absolute Gasteiger partial charge is 0.459 e. The maximum atomic E-state index is 11.4. The second kappa shape index (κ2) is 6.00. The van der Waals surface area contributed by atoms with Crippen molar-refractivity contribution in [3.05, 3.63) is 28.2 Å². The van der Waals surface area contributed by atoms with E-state index in [0.717, 1.165) is 10.0 Å². The number of esters is 1. The lowest BCUT2D eigenvalue weighted by molar-refractivity contribution is -0.152. The van der Waals surface area contributed by atoms with E-state index in [-0.39, 0.29) is 12.5 Å². The Hall–Kier alpha value is -1.36. The van der Waals surface area contributed by atoms with E-state index in [1.807, 2.05) is 32.9 Å². The average Bonchev–Trinajstić information content (AvgIpc) is 2.19. The van der Waals surface area contributed by atoms with Crippen LogP contribution in [0.3, 0.4) is 0 Å². The summed E-state index contributed by atoms with van der Waals surface area (Å²) in [5.74, 6) is -0.357. The van der Waals surface area contributed by atoms with Crippen molar-refractivity contribution in [3.8, 4) is 0 Å². The molecule has 0 unspecified atom stereocenters. The molecule has 0 heterocycles. The highest BCUT2D eigenvalue weighted by Crippen LogP contribution is 2.20. The quantitative estimate of drug-likeness (QED) is 0.530. The summed E-state index contributed by atoms with van der Waals surface area (Å²) in [6.45, 7) is 5.44. The summed E-state index contributed by atoms with van der Waals surface area (Å²) in [6.07, 6.45) is 1.57. The maximum absolute atomic E-state index is 11.4. The van der Waals surface area contributed by atoms with Crippen LogP contribution in [0.4, 0.5) is 5.69 Å². The molecule has 98 valence electrons. The van der Waals surface area contributed by atoms with Gasteiger partial charge in [0, 0.05) is 21.9 Å². The minimum absolute atomic E-state index is 0.0158. The fourth-order valence-electron chi connectivity index (χ4n) is 1.28. The third-order valence-electron chi connectivity index (χ3n) is 1.95. The second-order valence-corrected chi connectivity index (χ2v) is 5.65. The molecular formula is C13H17BrN2O2. The smallest absolute Gasteiger partial charge is 0.328 e. The van der Waals surface area contributed by atoms with Crippen LogP contribution in [0.25, 0.3) is 0 Å². The molecule has 4 nitrogen and oxygen atoms in total. The van der Waals surface area contributed by atoms with Gasteiger partial charge in [0.1, 0.15) is 12.1 Å². The Morgan fingerprint density at radius 3 is 2.72 bits per heavy atom. The topological polar surface area (TPSA) is 64.7 Å². The normalized spacial score (nSPS) is 11.8. The van der Waals surface area contributed by atoms with Gasteiger partial charge in [-0.05, 0) is 32.9 Å². The lowest BCUT2D eigenvalue weighted by Gasteiger charge is -2.18. The Balaban J connectivity index is 2.63. The molecule has 0 aliphatic rings. The molecule has 1 rings (SSSR count). The van der Waals surface area contributed by atoms with Crippen molar-refractivity contribution >= 4 is 33.8 Å².